The Kier molecular flexibility index (Phi) is 4.47. The first-order valence-corrected chi connectivity index (χ1v) is 7.75. The van der Waals surface area contributed by atoms with Crippen molar-refractivity contribution >= 4 is 5.91 Å². The molecule has 128 valence electrons. The maximum absolute atomic E-state index is 12.3. The molecular weight excluding hydrogens is 318 g/mol. The molecule has 3 aromatic rings. The molecular formula is C18H19N5O2. The van der Waals surface area contributed by atoms with Gasteiger partial charge in [-0.15, -0.1) is 0 Å². The summed E-state index contributed by atoms with van der Waals surface area (Å²) in [6.45, 7) is 1.97. The molecule has 3 rings (SSSR count). The van der Waals surface area contributed by atoms with Gasteiger partial charge in [0.25, 0.3) is 5.91 Å². The second-order valence-corrected chi connectivity index (χ2v) is 5.81. The molecule has 25 heavy (non-hydrogen) atoms. The van der Waals surface area contributed by atoms with Crippen molar-refractivity contribution in [3.63, 3.8) is 0 Å². The molecule has 3 aromatic heterocycles. The molecule has 1 amide bonds. The molecule has 7 heteroatoms. The van der Waals surface area contributed by atoms with Gasteiger partial charge in [0.2, 0.25) is 5.88 Å². The summed E-state index contributed by atoms with van der Waals surface area (Å²) in [5, 5.41) is 4.46. The largest absolute Gasteiger partial charge is 0.481 e. The predicted molar refractivity (Wildman–Crippen MR) is 93.9 cm³/mol. The van der Waals surface area contributed by atoms with Crippen molar-refractivity contribution in [2.24, 2.45) is 0 Å². The van der Waals surface area contributed by atoms with Crippen LogP contribution >= 0.6 is 0 Å². The predicted octanol–water partition coefficient (Wildman–Crippen LogP) is 2.35. The number of rotatable bonds is 4. The Morgan fingerprint density at radius 3 is 2.48 bits per heavy atom. The van der Waals surface area contributed by atoms with E-state index in [0.717, 1.165) is 22.6 Å². The molecule has 0 saturated carbocycles. The van der Waals surface area contributed by atoms with E-state index in [-0.39, 0.29) is 5.91 Å². The van der Waals surface area contributed by atoms with Gasteiger partial charge in [0.05, 0.1) is 30.4 Å². The highest BCUT2D eigenvalue weighted by Crippen LogP contribution is 2.23. The van der Waals surface area contributed by atoms with Gasteiger partial charge in [-0.3, -0.25) is 9.78 Å². The number of aryl methyl sites for hydroxylation is 1. The van der Waals surface area contributed by atoms with Gasteiger partial charge in [-0.1, -0.05) is 6.07 Å². The molecule has 7 nitrogen and oxygen atoms in total. The van der Waals surface area contributed by atoms with E-state index in [9.17, 15) is 4.79 Å². The number of aromatic nitrogens is 4. The summed E-state index contributed by atoms with van der Waals surface area (Å²) in [7, 11) is 4.95. The summed E-state index contributed by atoms with van der Waals surface area (Å²) in [5.41, 5.74) is 3.57. The van der Waals surface area contributed by atoms with Crippen LogP contribution in [-0.4, -0.2) is 51.8 Å². The van der Waals surface area contributed by atoms with Gasteiger partial charge in [-0.2, -0.15) is 5.10 Å². The second kappa shape index (κ2) is 6.72. The van der Waals surface area contributed by atoms with E-state index < -0.39 is 0 Å². The number of amides is 1. The summed E-state index contributed by atoms with van der Waals surface area (Å²) in [5.74, 6) is 0.337. The van der Waals surface area contributed by atoms with Gasteiger partial charge in [-0.25, -0.2) is 9.67 Å². The van der Waals surface area contributed by atoms with Crippen LogP contribution < -0.4 is 4.74 Å². The fourth-order valence-electron chi connectivity index (χ4n) is 2.33. The minimum atomic E-state index is -0.173. The van der Waals surface area contributed by atoms with Crippen molar-refractivity contribution in [2.45, 2.75) is 6.92 Å². The molecule has 0 radical (unpaired) electrons. The summed E-state index contributed by atoms with van der Waals surface area (Å²) < 4.78 is 6.76. The SMILES string of the molecule is COc1ccc(-n2nc(C(=O)N(C)C)cc2-c2ccc(C)cn2)cn1. The van der Waals surface area contributed by atoms with Gasteiger partial charge in [0.1, 0.15) is 0 Å². The Hall–Kier alpha value is -3.22. The van der Waals surface area contributed by atoms with Crippen LogP contribution in [-0.2, 0) is 0 Å². The molecule has 0 N–H and O–H groups in total. The van der Waals surface area contributed by atoms with E-state index in [1.807, 2.05) is 25.1 Å². The first-order valence-electron chi connectivity index (χ1n) is 7.75. The van der Waals surface area contributed by atoms with Crippen molar-refractivity contribution in [3.05, 3.63) is 54.0 Å². The van der Waals surface area contributed by atoms with E-state index >= 15 is 0 Å². The Morgan fingerprint density at radius 2 is 1.92 bits per heavy atom. The number of hydrogen-bond acceptors (Lipinski definition) is 5. The van der Waals surface area contributed by atoms with Crippen molar-refractivity contribution in [2.75, 3.05) is 21.2 Å². The second-order valence-electron chi connectivity index (χ2n) is 5.81. The van der Waals surface area contributed by atoms with E-state index in [2.05, 4.69) is 15.1 Å². The highest BCUT2D eigenvalue weighted by Gasteiger charge is 2.19. The fourth-order valence-corrected chi connectivity index (χ4v) is 2.33. The minimum Gasteiger partial charge on any atom is -0.481 e. The van der Waals surface area contributed by atoms with Crippen molar-refractivity contribution < 1.29 is 9.53 Å². The van der Waals surface area contributed by atoms with Crippen LogP contribution in [0.25, 0.3) is 17.1 Å². The van der Waals surface area contributed by atoms with Crippen LogP contribution in [0.5, 0.6) is 5.88 Å². The molecule has 0 fully saturated rings. The number of pyridine rings is 2. The van der Waals surface area contributed by atoms with Crippen molar-refractivity contribution in [3.8, 4) is 23.0 Å². The maximum Gasteiger partial charge on any atom is 0.273 e. The molecule has 0 saturated heterocycles. The molecule has 0 aliphatic heterocycles. The van der Waals surface area contributed by atoms with Crippen LogP contribution in [0.1, 0.15) is 16.1 Å². The smallest absolute Gasteiger partial charge is 0.273 e. The lowest BCUT2D eigenvalue weighted by molar-refractivity contribution is 0.0821. The van der Waals surface area contributed by atoms with Crippen LogP contribution in [0.3, 0.4) is 0 Å². The van der Waals surface area contributed by atoms with E-state index in [4.69, 9.17) is 4.74 Å². The molecule has 0 aliphatic carbocycles. The number of carbonyl (C=O) groups is 1. The Morgan fingerprint density at radius 1 is 1.12 bits per heavy atom. The van der Waals surface area contributed by atoms with Crippen LogP contribution in [0.15, 0.2) is 42.7 Å². The normalized spacial score (nSPS) is 10.6. The number of hydrogen-bond donors (Lipinski definition) is 0. The number of methoxy groups -OCH3 is 1. The third kappa shape index (κ3) is 3.35. The lowest BCUT2D eigenvalue weighted by Gasteiger charge is -2.08. The third-order valence-electron chi connectivity index (χ3n) is 3.68. The monoisotopic (exact) mass is 337 g/mol. The highest BCUT2D eigenvalue weighted by atomic mass is 16.5. The molecule has 3 heterocycles. The molecule has 0 aromatic carbocycles. The Balaban J connectivity index is 2.13. The highest BCUT2D eigenvalue weighted by molar-refractivity contribution is 5.93. The van der Waals surface area contributed by atoms with Gasteiger partial charge >= 0.3 is 0 Å². The quantitative estimate of drug-likeness (QED) is 0.731. The zero-order valence-electron chi connectivity index (χ0n) is 14.6. The summed E-state index contributed by atoms with van der Waals surface area (Å²) in [6, 6.07) is 9.20. The minimum absolute atomic E-state index is 0.173. The van der Waals surface area contributed by atoms with Gasteiger partial charge in [0.15, 0.2) is 5.69 Å². The van der Waals surface area contributed by atoms with Crippen LogP contribution in [0.4, 0.5) is 0 Å². The lowest BCUT2D eigenvalue weighted by atomic mass is 10.2. The Labute approximate surface area is 145 Å². The number of nitrogens with zero attached hydrogens (tertiary/aromatic N) is 5. The molecule has 0 bridgehead atoms. The zero-order chi connectivity index (χ0) is 18.0. The van der Waals surface area contributed by atoms with E-state index in [0.29, 0.717) is 11.6 Å². The third-order valence-corrected chi connectivity index (χ3v) is 3.68. The van der Waals surface area contributed by atoms with Gasteiger partial charge in [0, 0.05) is 26.4 Å². The summed E-state index contributed by atoms with van der Waals surface area (Å²) in [4.78, 5) is 22.5. The van der Waals surface area contributed by atoms with Crippen molar-refractivity contribution in [1.82, 2.24) is 24.6 Å². The average molecular weight is 337 g/mol. The van der Waals surface area contributed by atoms with Crippen molar-refractivity contribution in [1.29, 1.82) is 0 Å². The van der Waals surface area contributed by atoms with E-state index in [1.165, 1.54) is 4.90 Å². The molecule has 0 unspecified atom stereocenters. The maximum atomic E-state index is 12.3. The Bertz CT molecular complexity index is 883. The first kappa shape index (κ1) is 16.6. The number of ether oxygens (including phenoxy) is 1. The topological polar surface area (TPSA) is 73.1 Å². The van der Waals surface area contributed by atoms with Gasteiger partial charge in [-0.05, 0) is 30.7 Å². The fraction of sp³-hybridized carbons (Fsp3) is 0.222. The standard InChI is InChI=1S/C18H19N5O2/c1-12-5-7-14(19-10-12)16-9-15(18(24)22(2)3)21-23(16)13-6-8-17(25-4)20-11-13/h5-11H,1-4H3. The average Bonchev–Trinajstić information content (AvgIpc) is 3.07. The van der Waals surface area contributed by atoms with E-state index in [1.54, 1.807) is 50.4 Å². The molecule has 0 aliphatic rings. The first-order chi connectivity index (χ1) is 12.0. The van der Waals surface area contributed by atoms with Crippen LogP contribution in [0.2, 0.25) is 0 Å². The van der Waals surface area contributed by atoms with Crippen LogP contribution in [0, 0.1) is 6.92 Å². The summed E-state index contributed by atoms with van der Waals surface area (Å²) >= 11 is 0. The van der Waals surface area contributed by atoms with Gasteiger partial charge < -0.3 is 9.64 Å². The molecule has 0 atom stereocenters. The molecule has 0 spiro atoms. The zero-order valence-corrected chi connectivity index (χ0v) is 14.6. The number of carbonyl (C=O) groups excluding carboxylic acids is 1. The lowest BCUT2D eigenvalue weighted by Crippen LogP contribution is -2.22. The summed E-state index contributed by atoms with van der Waals surface area (Å²) in [6.07, 6.45) is 3.43.